The highest BCUT2D eigenvalue weighted by atomic mass is 32.2. The lowest BCUT2D eigenvalue weighted by Crippen LogP contribution is -2.48. The number of nitrogens with zero attached hydrogens (tertiary/aromatic N) is 2. The largest absolute Gasteiger partial charge is 0.368 e. The summed E-state index contributed by atoms with van der Waals surface area (Å²) in [6.07, 6.45) is 0. The number of hydrogen-bond donors (Lipinski definition) is 1. The van der Waals surface area contributed by atoms with Crippen LogP contribution in [0.4, 0.5) is 15.8 Å². The van der Waals surface area contributed by atoms with Crippen molar-refractivity contribution in [2.75, 3.05) is 35.8 Å². The normalized spacial score (nSPS) is 14.3. The van der Waals surface area contributed by atoms with Gasteiger partial charge in [-0.15, -0.1) is 0 Å². The smallest absolute Gasteiger partial charge is 0.261 e. The Labute approximate surface area is 193 Å². The van der Waals surface area contributed by atoms with Crippen LogP contribution < -0.4 is 9.62 Å². The standard InChI is InChI=1S/C25H26FN3O3S/c1-18-3-10-23(11-4-18)33(31,32)27-24-12-5-20(17-19(24)2)25(30)29-15-13-28(14-16-29)22-8-6-21(26)7-9-22/h3-12,17,27H,13-16H2,1-2H3. The highest BCUT2D eigenvalue weighted by Gasteiger charge is 2.23. The van der Waals surface area contributed by atoms with Crippen LogP contribution in [0.1, 0.15) is 21.5 Å². The van der Waals surface area contributed by atoms with Gasteiger partial charge in [-0.25, -0.2) is 12.8 Å². The van der Waals surface area contributed by atoms with E-state index in [-0.39, 0.29) is 16.6 Å². The first-order chi connectivity index (χ1) is 15.7. The monoisotopic (exact) mass is 467 g/mol. The van der Waals surface area contributed by atoms with Crippen LogP contribution in [-0.4, -0.2) is 45.4 Å². The Morgan fingerprint density at radius 1 is 0.879 bits per heavy atom. The number of carbonyl (C=O) groups excluding carboxylic acids is 1. The van der Waals surface area contributed by atoms with Crippen molar-refractivity contribution in [3.05, 3.63) is 89.2 Å². The van der Waals surface area contributed by atoms with Crippen molar-refractivity contribution in [3.63, 3.8) is 0 Å². The molecule has 0 saturated carbocycles. The highest BCUT2D eigenvalue weighted by Crippen LogP contribution is 2.23. The first-order valence-corrected chi connectivity index (χ1v) is 12.2. The van der Waals surface area contributed by atoms with E-state index in [4.69, 9.17) is 0 Å². The molecule has 172 valence electrons. The van der Waals surface area contributed by atoms with Crippen molar-refractivity contribution in [3.8, 4) is 0 Å². The van der Waals surface area contributed by atoms with Crippen LogP contribution in [0.25, 0.3) is 0 Å². The molecule has 0 radical (unpaired) electrons. The molecule has 1 aliphatic heterocycles. The van der Waals surface area contributed by atoms with E-state index < -0.39 is 10.0 Å². The Hall–Kier alpha value is -3.39. The molecule has 3 aromatic carbocycles. The molecule has 4 rings (SSSR count). The van der Waals surface area contributed by atoms with Crippen LogP contribution in [0, 0.1) is 19.7 Å². The Bertz CT molecular complexity index is 1250. The molecule has 33 heavy (non-hydrogen) atoms. The number of rotatable bonds is 5. The van der Waals surface area contributed by atoms with Crippen molar-refractivity contribution in [2.45, 2.75) is 18.7 Å². The van der Waals surface area contributed by atoms with Gasteiger partial charge in [0.2, 0.25) is 0 Å². The van der Waals surface area contributed by atoms with Crippen LogP contribution in [0.2, 0.25) is 0 Å². The van der Waals surface area contributed by atoms with Crippen LogP contribution in [0.5, 0.6) is 0 Å². The molecule has 1 fully saturated rings. The van der Waals surface area contributed by atoms with Gasteiger partial charge in [-0.2, -0.15) is 0 Å². The number of anilines is 2. The number of piperazine rings is 1. The zero-order valence-electron chi connectivity index (χ0n) is 18.6. The zero-order chi connectivity index (χ0) is 23.6. The highest BCUT2D eigenvalue weighted by molar-refractivity contribution is 7.92. The van der Waals surface area contributed by atoms with Gasteiger partial charge in [0, 0.05) is 37.4 Å². The molecular weight excluding hydrogens is 441 g/mol. The minimum atomic E-state index is -3.72. The fraction of sp³-hybridized carbons (Fsp3) is 0.240. The summed E-state index contributed by atoms with van der Waals surface area (Å²) in [6, 6.07) is 18.0. The van der Waals surface area contributed by atoms with Gasteiger partial charge >= 0.3 is 0 Å². The average molecular weight is 468 g/mol. The Morgan fingerprint density at radius 3 is 2.12 bits per heavy atom. The first kappa shape index (κ1) is 22.8. The molecule has 1 amide bonds. The van der Waals surface area contributed by atoms with Gasteiger partial charge in [-0.3, -0.25) is 9.52 Å². The molecule has 1 saturated heterocycles. The van der Waals surface area contributed by atoms with Crippen LogP contribution >= 0.6 is 0 Å². The van der Waals surface area contributed by atoms with E-state index >= 15 is 0 Å². The second kappa shape index (κ2) is 9.23. The number of nitrogens with one attached hydrogen (secondary N) is 1. The predicted molar refractivity (Wildman–Crippen MR) is 128 cm³/mol. The Kier molecular flexibility index (Phi) is 6.37. The molecule has 1 aliphatic rings. The van der Waals surface area contributed by atoms with E-state index in [1.54, 1.807) is 66.4 Å². The summed E-state index contributed by atoms with van der Waals surface area (Å²) in [4.78, 5) is 17.1. The van der Waals surface area contributed by atoms with Gasteiger partial charge in [-0.1, -0.05) is 17.7 Å². The molecule has 0 aromatic heterocycles. The number of halogens is 1. The van der Waals surface area contributed by atoms with Gasteiger partial charge in [0.25, 0.3) is 15.9 Å². The first-order valence-electron chi connectivity index (χ1n) is 10.7. The van der Waals surface area contributed by atoms with Crippen molar-refractivity contribution in [1.29, 1.82) is 0 Å². The third-order valence-corrected chi connectivity index (χ3v) is 7.19. The number of amides is 1. The lowest BCUT2D eigenvalue weighted by atomic mass is 10.1. The number of carbonyl (C=O) groups is 1. The SMILES string of the molecule is Cc1ccc(S(=O)(=O)Nc2ccc(C(=O)N3CCN(c4ccc(F)cc4)CC3)cc2C)cc1. The number of benzene rings is 3. The van der Waals surface area contributed by atoms with Crippen molar-refractivity contribution in [2.24, 2.45) is 0 Å². The van der Waals surface area contributed by atoms with Crippen molar-refractivity contribution < 1.29 is 17.6 Å². The van der Waals surface area contributed by atoms with Crippen LogP contribution in [-0.2, 0) is 10.0 Å². The van der Waals surface area contributed by atoms with E-state index in [0.717, 1.165) is 11.3 Å². The van der Waals surface area contributed by atoms with Crippen LogP contribution in [0.15, 0.2) is 71.6 Å². The van der Waals surface area contributed by atoms with Gasteiger partial charge in [0.1, 0.15) is 5.82 Å². The maximum atomic E-state index is 13.2. The number of sulfonamides is 1. The summed E-state index contributed by atoms with van der Waals surface area (Å²) in [7, 11) is -3.72. The molecule has 0 spiro atoms. The van der Waals surface area contributed by atoms with E-state index in [1.165, 1.54) is 12.1 Å². The summed E-state index contributed by atoms with van der Waals surface area (Å²) in [5.74, 6) is -0.364. The minimum absolute atomic E-state index is 0.0928. The third-order valence-electron chi connectivity index (χ3n) is 5.81. The lowest BCUT2D eigenvalue weighted by Gasteiger charge is -2.36. The maximum Gasteiger partial charge on any atom is 0.261 e. The van der Waals surface area contributed by atoms with Crippen molar-refractivity contribution >= 4 is 27.3 Å². The minimum Gasteiger partial charge on any atom is -0.368 e. The van der Waals surface area contributed by atoms with E-state index in [9.17, 15) is 17.6 Å². The molecule has 0 aliphatic carbocycles. The number of hydrogen-bond acceptors (Lipinski definition) is 4. The van der Waals surface area contributed by atoms with Crippen molar-refractivity contribution in [1.82, 2.24) is 4.90 Å². The summed E-state index contributed by atoms with van der Waals surface area (Å²) in [5, 5.41) is 0. The molecule has 1 N–H and O–H groups in total. The van der Waals surface area contributed by atoms with Gasteiger partial charge in [-0.05, 0) is 74.0 Å². The second-order valence-corrected chi connectivity index (χ2v) is 9.89. The quantitative estimate of drug-likeness (QED) is 0.611. The number of aryl methyl sites for hydroxylation is 2. The molecule has 0 atom stereocenters. The van der Waals surface area contributed by atoms with E-state index in [0.29, 0.717) is 43.0 Å². The summed E-state index contributed by atoms with van der Waals surface area (Å²) in [5.41, 5.74) is 3.53. The Balaban J connectivity index is 1.42. The predicted octanol–water partition coefficient (Wildman–Crippen LogP) is 4.21. The molecule has 1 heterocycles. The van der Waals surface area contributed by atoms with Gasteiger partial charge < -0.3 is 9.80 Å². The molecule has 0 bridgehead atoms. The molecule has 3 aromatic rings. The van der Waals surface area contributed by atoms with Gasteiger partial charge in [0.15, 0.2) is 0 Å². The molecule has 8 heteroatoms. The maximum absolute atomic E-state index is 13.2. The third kappa shape index (κ3) is 5.17. The Morgan fingerprint density at radius 2 is 1.52 bits per heavy atom. The molecule has 0 unspecified atom stereocenters. The summed E-state index contributed by atoms with van der Waals surface area (Å²) >= 11 is 0. The molecule has 6 nitrogen and oxygen atoms in total. The van der Waals surface area contributed by atoms with Crippen LogP contribution in [0.3, 0.4) is 0 Å². The second-order valence-electron chi connectivity index (χ2n) is 8.20. The fourth-order valence-corrected chi connectivity index (χ4v) is 4.97. The van der Waals surface area contributed by atoms with Gasteiger partial charge in [0.05, 0.1) is 10.6 Å². The summed E-state index contributed by atoms with van der Waals surface area (Å²) < 4.78 is 41.1. The molecular formula is C25H26FN3O3S. The zero-order valence-corrected chi connectivity index (χ0v) is 19.4. The van der Waals surface area contributed by atoms with E-state index in [2.05, 4.69) is 9.62 Å². The summed E-state index contributed by atoms with van der Waals surface area (Å²) in [6.45, 7) is 6.09. The average Bonchev–Trinajstić information content (AvgIpc) is 2.81. The topological polar surface area (TPSA) is 69.7 Å². The van der Waals surface area contributed by atoms with E-state index in [1.807, 2.05) is 6.92 Å². The lowest BCUT2D eigenvalue weighted by molar-refractivity contribution is 0.0746. The fourth-order valence-electron chi connectivity index (χ4n) is 3.83.